The summed E-state index contributed by atoms with van der Waals surface area (Å²) in [6.07, 6.45) is 1.62. The van der Waals surface area contributed by atoms with Crippen LogP contribution in [0, 0.1) is 6.92 Å². The maximum Gasteiger partial charge on any atom is 0.315 e. The maximum atomic E-state index is 11.9. The Kier molecular flexibility index (Phi) is 4.79. The predicted molar refractivity (Wildman–Crippen MR) is 91.4 cm³/mol. The van der Waals surface area contributed by atoms with Crippen LogP contribution < -0.4 is 10.6 Å². The van der Waals surface area contributed by atoms with Gasteiger partial charge in [0.15, 0.2) is 0 Å². The third-order valence-corrected chi connectivity index (χ3v) is 3.37. The van der Waals surface area contributed by atoms with Crippen LogP contribution in [0.5, 0.6) is 0 Å². The van der Waals surface area contributed by atoms with E-state index in [2.05, 4.69) is 36.4 Å². The molecule has 5 nitrogen and oxygen atoms in total. The van der Waals surface area contributed by atoms with Gasteiger partial charge in [-0.15, -0.1) is 0 Å². The van der Waals surface area contributed by atoms with E-state index >= 15 is 0 Å². The van der Waals surface area contributed by atoms with Gasteiger partial charge in [-0.25, -0.2) is 4.98 Å². The molecule has 120 valence electrons. The van der Waals surface area contributed by atoms with Crippen molar-refractivity contribution in [3.05, 3.63) is 53.7 Å². The van der Waals surface area contributed by atoms with Crippen molar-refractivity contribution in [3.8, 4) is 0 Å². The van der Waals surface area contributed by atoms with Gasteiger partial charge in [0.1, 0.15) is 5.82 Å². The van der Waals surface area contributed by atoms with Crippen molar-refractivity contribution in [2.45, 2.75) is 33.1 Å². The van der Waals surface area contributed by atoms with Gasteiger partial charge < -0.3 is 10.6 Å². The SMILES string of the molecule is Cc1ccc(NC(=O)C(=O)Nc2ccc(C(C)(C)C)cc2)nc1. The summed E-state index contributed by atoms with van der Waals surface area (Å²) in [5.74, 6) is -1.13. The van der Waals surface area contributed by atoms with Gasteiger partial charge in [-0.05, 0) is 41.7 Å². The molecule has 0 bridgehead atoms. The molecule has 0 saturated heterocycles. The van der Waals surface area contributed by atoms with Crippen molar-refractivity contribution in [3.63, 3.8) is 0 Å². The maximum absolute atomic E-state index is 11.9. The van der Waals surface area contributed by atoms with Crippen molar-refractivity contribution in [1.82, 2.24) is 4.98 Å². The summed E-state index contributed by atoms with van der Waals surface area (Å²) in [5, 5.41) is 5.04. The number of rotatable bonds is 2. The first kappa shape index (κ1) is 16.7. The highest BCUT2D eigenvalue weighted by Crippen LogP contribution is 2.23. The number of nitrogens with one attached hydrogen (secondary N) is 2. The smallest absolute Gasteiger partial charge is 0.315 e. The van der Waals surface area contributed by atoms with Crippen LogP contribution in [0.2, 0.25) is 0 Å². The van der Waals surface area contributed by atoms with Crippen LogP contribution in [0.1, 0.15) is 31.9 Å². The van der Waals surface area contributed by atoms with E-state index in [0.29, 0.717) is 11.5 Å². The lowest BCUT2D eigenvalue weighted by atomic mass is 9.87. The topological polar surface area (TPSA) is 71.1 Å². The van der Waals surface area contributed by atoms with E-state index in [-0.39, 0.29) is 5.41 Å². The largest absolute Gasteiger partial charge is 0.318 e. The zero-order chi connectivity index (χ0) is 17.0. The lowest BCUT2D eigenvalue weighted by molar-refractivity contribution is -0.133. The minimum Gasteiger partial charge on any atom is -0.318 e. The monoisotopic (exact) mass is 311 g/mol. The Morgan fingerprint density at radius 2 is 1.52 bits per heavy atom. The number of benzene rings is 1. The molecular weight excluding hydrogens is 290 g/mol. The molecule has 1 aromatic carbocycles. The summed E-state index contributed by atoms with van der Waals surface area (Å²) in [6, 6.07) is 10.9. The Balaban J connectivity index is 1.98. The average molecular weight is 311 g/mol. The van der Waals surface area contributed by atoms with Gasteiger partial charge in [-0.2, -0.15) is 0 Å². The minimum atomic E-state index is -0.749. The molecular formula is C18H21N3O2. The van der Waals surface area contributed by atoms with Crippen LogP contribution in [-0.2, 0) is 15.0 Å². The van der Waals surface area contributed by atoms with E-state index in [4.69, 9.17) is 0 Å². The Morgan fingerprint density at radius 1 is 0.913 bits per heavy atom. The summed E-state index contributed by atoms with van der Waals surface area (Å²) in [5.41, 5.74) is 2.75. The molecule has 1 heterocycles. The standard InChI is InChI=1S/C18H21N3O2/c1-12-5-10-15(19-11-12)21-17(23)16(22)20-14-8-6-13(7-9-14)18(2,3)4/h5-11H,1-4H3,(H,20,22)(H,19,21,23). The molecule has 2 rings (SSSR count). The number of aromatic nitrogens is 1. The molecule has 0 spiro atoms. The average Bonchev–Trinajstić information content (AvgIpc) is 2.49. The number of nitrogens with zero attached hydrogens (tertiary/aromatic N) is 1. The Labute approximate surface area is 136 Å². The second-order valence-corrected chi connectivity index (χ2v) is 6.46. The van der Waals surface area contributed by atoms with E-state index in [1.54, 1.807) is 24.4 Å². The quantitative estimate of drug-likeness (QED) is 0.836. The summed E-state index contributed by atoms with van der Waals surface area (Å²) < 4.78 is 0. The first-order valence-corrected chi connectivity index (χ1v) is 7.41. The number of pyridine rings is 1. The Bertz CT molecular complexity index is 699. The molecule has 2 amide bonds. The molecule has 2 N–H and O–H groups in total. The summed E-state index contributed by atoms with van der Waals surface area (Å²) in [7, 11) is 0. The summed E-state index contributed by atoms with van der Waals surface area (Å²) in [6.45, 7) is 8.24. The van der Waals surface area contributed by atoms with Crippen LogP contribution in [0.15, 0.2) is 42.6 Å². The van der Waals surface area contributed by atoms with Crippen molar-refractivity contribution in [2.75, 3.05) is 10.6 Å². The van der Waals surface area contributed by atoms with Crippen LogP contribution in [-0.4, -0.2) is 16.8 Å². The molecule has 23 heavy (non-hydrogen) atoms. The molecule has 0 radical (unpaired) electrons. The first-order chi connectivity index (χ1) is 10.8. The third-order valence-electron chi connectivity index (χ3n) is 3.37. The highest BCUT2D eigenvalue weighted by atomic mass is 16.2. The van der Waals surface area contributed by atoms with Gasteiger partial charge >= 0.3 is 11.8 Å². The molecule has 0 fully saturated rings. The number of hydrogen-bond donors (Lipinski definition) is 2. The fourth-order valence-corrected chi connectivity index (χ4v) is 1.96. The zero-order valence-electron chi connectivity index (χ0n) is 13.8. The molecule has 0 atom stereocenters. The number of carbonyl (C=O) groups is 2. The predicted octanol–water partition coefficient (Wildman–Crippen LogP) is 3.26. The summed E-state index contributed by atoms with van der Waals surface area (Å²) >= 11 is 0. The normalized spacial score (nSPS) is 11.0. The fraction of sp³-hybridized carbons (Fsp3) is 0.278. The highest BCUT2D eigenvalue weighted by molar-refractivity contribution is 6.43. The van der Waals surface area contributed by atoms with Gasteiger partial charge in [-0.3, -0.25) is 9.59 Å². The fourth-order valence-electron chi connectivity index (χ4n) is 1.96. The molecule has 0 saturated carbocycles. The van der Waals surface area contributed by atoms with Gasteiger partial charge in [0.2, 0.25) is 0 Å². The lowest BCUT2D eigenvalue weighted by Crippen LogP contribution is -2.29. The second-order valence-electron chi connectivity index (χ2n) is 6.46. The van der Waals surface area contributed by atoms with E-state index in [1.165, 1.54) is 0 Å². The van der Waals surface area contributed by atoms with Gasteiger partial charge in [0.25, 0.3) is 0 Å². The molecule has 0 unspecified atom stereocenters. The second kappa shape index (κ2) is 6.60. The summed E-state index contributed by atoms with van der Waals surface area (Å²) in [4.78, 5) is 27.8. The van der Waals surface area contributed by atoms with Crippen LogP contribution in [0.4, 0.5) is 11.5 Å². The molecule has 0 aliphatic heterocycles. The number of amides is 2. The lowest BCUT2D eigenvalue weighted by Gasteiger charge is -2.19. The minimum absolute atomic E-state index is 0.0387. The molecule has 0 aliphatic carbocycles. The zero-order valence-corrected chi connectivity index (χ0v) is 13.8. The number of hydrogen-bond acceptors (Lipinski definition) is 3. The molecule has 5 heteroatoms. The number of carbonyl (C=O) groups excluding carboxylic acids is 2. The van der Waals surface area contributed by atoms with Crippen molar-refractivity contribution < 1.29 is 9.59 Å². The van der Waals surface area contributed by atoms with E-state index in [9.17, 15) is 9.59 Å². The third kappa shape index (κ3) is 4.64. The Morgan fingerprint density at radius 3 is 2.04 bits per heavy atom. The van der Waals surface area contributed by atoms with Crippen LogP contribution >= 0.6 is 0 Å². The van der Waals surface area contributed by atoms with Crippen molar-refractivity contribution in [2.24, 2.45) is 0 Å². The Hall–Kier alpha value is -2.69. The van der Waals surface area contributed by atoms with Gasteiger partial charge in [0, 0.05) is 11.9 Å². The number of anilines is 2. The van der Waals surface area contributed by atoms with Crippen LogP contribution in [0.3, 0.4) is 0 Å². The van der Waals surface area contributed by atoms with Gasteiger partial charge in [0.05, 0.1) is 0 Å². The van der Waals surface area contributed by atoms with Crippen molar-refractivity contribution in [1.29, 1.82) is 0 Å². The molecule has 0 aliphatic rings. The molecule has 2 aromatic rings. The first-order valence-electron chi connectivity index (χ1n) is 7.41. The van der Waals surface area contributed by atoms with E-state index in [0.717, 1.165) is 11.1 Å². The van der Waals surface area contributed by atoms with Gasteiger partial charge in [-0.1, -0.05) is 39.0 Å². The van der Waals surface area contributed by atoms with Crippen LogP contribution in [0.25, 0.3) is 0 Å². The number of aryl methyl sites for hydroxylation is 1. The van der Waals surface area contributed by atoms with E-state index in [1.807, 2.05) is 25.1 Å². The van der Waals surface area contributed by atoms with Crippen molar-refractivity contribution >= 4 is 23.3 Å². The highest BCUT2D eigenvalue weighted by Gasteiger charge is 2.16. The van der Waals surface area contributed by atoms with E-state index < -0.39 is 11.8 Å². The molecule has 1 aromatic heterocycles.